The third-order valence-electron chi connectivity index (χ3n) is 5.45. The van der Waals surface area contributed by atoms with Crippen molar-refractivity contribution in [2.75, 3.05) is 6.54 Å². The third kappa shape index (κ3) is 3.28. The maximum Gasteiger partial charge on any atom is 0.256 e. The first kappa shape index (κ1) is 16.9. The third-order valence-corrected chi connectivity index (χ3v) is 5.45. The smallest absolute Gasteiger partial charge is 0.256 e. The Hall–Kier alpha value is -2.50. The van der Waals surface area contributed by atoms with E-state index < -0.39 is 0 Å². The number of rotatable bonds is 3. The highest BCUT2D eigenvalue weighted by molar-refractivity contribution is 5.79. The average Bonchev–Trinajstić information content (AvgIpc) is 3.17. The molecule has 5 nitrogen and oxygen atoms in total. The summed E-state index contributed by atoms with van der Waals surface area (Å²) < 4.78 is 13.8. The number of hydrogen-bond donors (Lipinski definition) is 1. The lowest BCUT2D eigenvalue weighted by atomic mass is 10.0. The van der Waals surface area contributed by atoms with Gasteiger partial charge in [-0.05, 0) is 24.5 Å². The minimum absolute atomic E-state index is 0.115. The minimum Gasteiger partial charge on any atom is -0.337 e. The minimum atomic E-state index is -0.304. The van der Waals surface area contributed by atoms with Crippen molar-refractivity contribution in [3.63, 3.8) is 0 Å². The molecule has 0 spiro atoms. The van der Waals surface area contributed by atoms with Gasteiger partial charge in [-0.2, -0.15) is 0 Å². The molecule has 0 radical (unpaired) electrons. The van der Waals surface area contributed by atoms with E-state index in [1.165, 1.54) is 6.07 Å². The van der Waals surface area contributed by atoms with Gasteiger partial charge in [-0.15, -0.1) is 0 Å². The van der Waals surface area contributed by atoms with Crippen LogP contribution in [0.5, 0.6) is 0 Å². The molecule has 0 unspecified atom stereocenters. The summed E-state index contributed by atoms with van der Waals surface area (Å²) in [6.07, 6.45) is 4.96. The number of nitrogens with zero attached hydrogens (tertiary/aromatic N) is 2. The van der Waals surface area contributed by atoms with Crippen molar-refractivity contribution in [1.82, 2.24) is 14.9 Å². The van der Waals surface area contributed by atoms with Gasteiger partial charge in [0.15, 0.2) is 0 Å². The number of aromatic nitrogens is 2. The second kappa shape index (κ2) is 7.02. The molecule has 1 aliphatic heterocycles. The van der Waals surface area contributed by atoms with Crippen LogP contribution in [0.4, 0.5) is 4.39 Å². The van der Waals surface area contributed by atoms with Crippen molar-refractivity contribution in [3.05, 3.63) is 63.1 Å². The van der Waals surface area contributed by atoms with Crippen molar-refractivity contribution in [2.24, 2.45) is 5.92 Å². The highest BCUT2D eigenvalue weighted by atomic mass is 19.1. The summed E-state index contributed by atoms with van der Waals surface area (Å²) in [6.45, 7) is 0.922. The van der Waals surface area contributed by atoms with Gasteiger partial charge in [0.25, 0.3) is 5.56 Å². The summed E-state index contributed by atoms with van der Waals surface area (Å²) in [4.78, 5) is 34.2. The zero-order valence-electron chi connectivity index (χ0n) is 14.6. The van der Waals surface area contributed by atoms with Gasteiger partial charge in [0.05, 0.1) is 17.8 Å². The fourth-order valence-electron chi connectivity index (χ4n) is 4.00. The number of nitrogens with one attached hydrogen (secondary N) is 1. The van der Waals surface area contributed by atoms with Gasteiger partial charge < -0.3 is 9.88 Å². The first-order valence-corrected chi connectivity index (χ1v) is 9.25. The van der Waals surface area contributed by atoms with Crippen molar-refractivity contribution < 1.29 is 9.18 Å². The van der Waals surface area contributed by atoms with Crippen LogP contribution in [0.1, 0.15) is 48.3 Å². The molecule has 136 valence electrons. The Morgan fingerprint density at radius 1 is 1.27 bits per heavy atom. The van der Waals surface area contributed by atoms with Crippen molar-refractivity contribution in [1.29, 1.82) is 0 Å². The largest absolute Gasteiger partial charge is 0.337 e. The molecule has 1 N–H and O–H groups in total. The van der Waals surface area contributed by atoms with E-state index in [9.17, 15) is 14.0 Å². The molecule has 2 aromatic rings. The van der Waals surface area contributed by atoms with Crippen molar-refractivity contribution in [3.8, 4) is 0 Å². The highest BCUT2D eigenvalue weighted by Crippen LogP contribution is 2.28. The van der Waals surface area contributed by atoms with Crippen LogP contribution < -0.4 is 5.56 Å². The zero-order chi connectivity index (χ0) is 18.1. The summed E-state index contributed by atoms with van der Waals surface area (Å²) in [7, 11) is 0. The Bertz CT molecular complexity index is 887. The van der Waals surface area contributed by atoms with Crippen LogP contribution in [0.25, 0.3) is 0 Å². The molecule has 0 saturated heterocycles. The number of aromatic amines is 1. The van der Waals surface area contributed by atoms with Crippen LogP contribution in [-0.2, 0) is 24.2 Å². The Morgan fingerprint density at radius 3 is 2.81 bits per heavy atom. The Morgan fingerprint density at radius 2 is 2.04 bits per heavy atom. The van der Waals surface area contributed by atoms with Crippen molar-refractivity contribution >= 4 is 5.91 Å². The van der Waals surface area contributed by atoms with E-state index in [1.807, 2.05) is 0 Å². The number of hydrogen-bond acceptors (Lipinski definition) is 3. The topological polar surface area (TPSA) is 66.1 Å². The lowest BCUT2D eigenvalue weighted by Gasteiger charge is -2.30. The van der Waals surface area contributed by atoms with Gasteiger partial charge in [-0.1, -0.05) is 31.0 Å². The quantitative estimate of drug-likeness (QED) is 0.920. The number of carbonyl (C=O) groups excluding carboxylic acids is 1. The number of amides is 1. The van der Waals surface area contributed by atoms with Crippen LogP contribution in [0.15, 0.2) is 29.1 Å². The van der Waals surface area contributed by atoms with Gasteiger partial charge in [0.1, 0.15) is 11.6 Å². The molecule has 1 aromatic heterocycles. The number of carbonyl (C=O) groups is 1. The van der Waals surface area contributed by atoms with E-state index in [2.05, 4.69) is 9.97 Å². The Kier molecular flexibility index (Phi) is 4.57. The van der Waals surface area contributed by atoms with E-state index in [0.29, 0.717) is 36.5 Å². The molecular formula is C20H22FN3O2. The Labute approximate surface area is 151 Å². The normalized spacial score (nSPS) is 17.3. The standard InChI is InChI=1S/C20H22FN3O2/c21-16-8-4-3-7-14(16)11-18-22-17-9-10-24(12-15(17)19(25)23-18)20(26)13-5-1-2-6-13/h3-4,7-8,13H,1-2,5-6,9-12H2,(H,22,23,25). The van der Waals surface area contributed by atoms with Gasteiger partial charge in [0.2, 0.25) is 5.91 Å². The summed E-state index contributed by atoms with van der Waals surface area (Å²) in [5, 5.41) is 0. The molecule has 1 saturated carbocycles. The molecule has 1 amide bonds. The van der Waals surface area contributed by atoms with Gasteiger partial charge in [-0.25, -0.2) is 9.37 Å². The predicted octanol–water partition coefficient (Wildman–Crippen LogP) is 2.57. The fourth-order valence-corrected chi connectivity index (χ4v) is 4.00. The predicted molar refractivity (Wildman–Crippen MR) is 95.1 cm³/mol. The maximum absolute atomic E-state index is 13.8. The molecule has 1 aromatic carbocycles. The van der Waals surface area contributed by atoms with Gasteiger partial charge >= 0.3 is 0 Å². The van der Waals surface area contributed by atoms with E-state index in [1.54, 1.807) is 23.1 Å². The average molecular weight is 355 g/mol. The fraction of sp³-hybridized carbons (Fsp3) is 0.450. The molecule has 1 fully saturated rings. The second-order valence-corrected chi connectivity index (χ2v) is 7.20. The lowest BCUT2D eigenvalue weighted by molar-refractivity contribution is -0.136. The zero-order valence-corrected chi connectivity index (χ0v) is 14.6. The first-order valence-electron chi connectivity index (χ1n) is 9.25. The molecule has 6 heteroatoms. The molecule has 2 aliphatic rings. The molecule has 26 heavy (non-hydrogen) atoms. The number of H-pyrrole nitrogens is 1. The van der Waals surface area contributed by atoms with Crippen LogP contribution in [0.2, 0.25) is 0 Å². The van der Waals surface area contributed by atoms with E-state index >= 15 is 0 Å². The first-order chi connectivity index (χ1) is 12.6. The van der Waals surface area contributed by atoms with Crippen LogP contribution >= 0.6 is 0 Å². The molecular weight excluding hydrogens is 333 g/mol. The molecule has 1 aliphatic carbocycles. The second-order valence-electron chi connectivity index (χ2n) is 7.20. The van der Waals surface area contributed by atoms with Crippen LogP contribution in [0, 0.1) is 11.7 Å². The van der Waals surface area contributed by atoms with E-state index in [-0.39, 0.29) is 29.6 Å². The van der Waals surface area contributed by atoms with Crippen molar-refractivity contribution in [2.45, 2.75) is 45.1 Å². The molecule has 0 atom stereocenters. The van der Waals surface area contributed by atoms with Gasteiger partial charge in [-0.3, -0.25) is 9.59 Å². The summed E-state index contributed by atoms with van der Waals surface area (Å²) >= 11 is 0. The Balaban J connectivity index is 1.54. The number of halogens is 1. The van der Waals surface area contributed by atoms with Crippen LogP contribution in [0.3, 0.4) is 0 Å². The molecule has 4 rings (SSSR count). The maximum atomic E-state index is 13.8. The monoisotopic (exact) mass is 355 g/mol. The molecule has 2 heterocycles. The number of fused-ring (bicyclic) bond motifs is 1. The van der Waals surface area contributed by atoms with E-state index in [0.717, 1.165) is 31.4 Å². The SMILES string of the molecule is O=C(C1CCCC1)N1CCc2nc(Cc3ccccc3F)[nH]c(=O)c2C1. The summed E-state index contributed by atoms with van der Waals surface area (Å²) in [5.41, 5.74) is 1.59. The number of benzene rings is 1. The van der Waals surface area contributed by atoms with Crippen LogP contribution in [-0.4, -0.2) is 27.3 Å². The van der Waals surface area contributed by atoms with E-state index in [4.69, 9.17) is 0 Å². The molecule has 0 bridgehead atoms. The lowest BCUT2D eigenvalue weighted by Crippen LogP contribution is -2.42. The summed E-state index contributed by atoms with van der Waals surface area (Å²) in [5.74, 6) is 0.447. The van der Waals surface area contributed by atoms with Gasteiger partial charge in [0, 0.05) is 25.3 Å². The summed E-state index contributed by atoms with van der Waals surface area (Å²) in [6, 6.07) is 6.49. The highest BCUT2D eigenvalue weighted by Gasteiger charge is 2.30.